The van der Waals surface area contributed by atoms with Crippen molar-refractivity contribution in [3.63, 3.8) is 0 Å². The molecule has 1 saturated carbocycles. The van der Waals surface area contributed by atoms with Gasteiger partial charge in [0.2, 0.25) is 0 Å². The molecule has 1 aromatic heterocycles. The van der Waals surface area contributed by atoms with Gasteiger partial charge in [-0.3, -0.25) is 4.79 Å². The molecule has 2 rings (SSSR count). The minimum atomic E-state index is 0.259. The molecule has 0 spiro atoms. The molecule has 1 aliphatic rings. The number of hydrogen-bond donors (Lipinski definition) is 0. The lowest BCUT2D eigenvalue weighted by molar-refractivity contribution is 0.0879. The Hall–Kier alpha value is -0.700. The van der Waals surface area contributed by atoms with Gasteiger partial charge in [0.05, 0.1) is 15.6 Å². The first-order chi connectivity index (χ1) is 7.58. The van der Waals surface area contributed by atoms with E-state index in [1.54, 1.807) is 11.3 Å². The molecule has 0 radical (unpaired) electrons. The monoisotopic (exact) mass is 237 g/mol. The van der Waals surface area contributed by atoms with E-state index < -0.39 is 0 Å². The molecule has 1 aromatic rings. The van der Waals surface area contributed by atoms with Crippen molar-refractivity contribution in [3.8, 4) is 0 Å². The van der Waals surface area contributed by atoms with Gasteiger partial charge in [0.15, 0.2) is 5.78 Å². The number of carbonyl (C=O) groups excluding carboxylic acids is 1. The van der Waals surface area contributed by atoms with Crippen LogP contribution >= 0.6 is 11.3 Å². The second-order valence-electron chi connectivity index (χ2n) is 4.97. The van der Waals surface area contributed by atoms with Crippen molar-refractivity contribution < 1.29 is 4.79 Å². The summed E-state index contributed by atoms with van der Waals surface area (Å²) in [5, 5.41) is 1.00. The maximum Gasteiger partial charge on any atom is 0.177 e. The van der Waals surface area contributed by atoms with Gasteiger partial charge in [0.25, 0.3) is 0 Å². The lowest BCUT2D eigenvalue weighted by atomic mass is 9.80. The topological polar surface area (TPSA) is 30.0 Å². The number of aryl methyl sites for hydroxylation is 2. The molecule has 1 heterocycles. The van der Waals surface area contributed by atoms with E-state index in [4.69, 9.17) is 0 Å². The summed E-state index contributed by atoms with van der Waals surface area (Å²) >= 11 is 1.56. The van der Waals surface area contributed by atoms with E-state index in [0.717, 1.165) is 34.3 Å². The van der Waals surface area contributed by atoms with Crippen molar-refractivity contribution in [2.24, 2.45) is 11.8 Å². The van der Waals surface area contributed by atoms with Crippen molar-refractivity contribution in [2.75, 3.05) is 0 Å². The highest BCUT2D eigenvalue weighted by Crippen LogP contribution is 2.32. The minimum Gasteiger partial charge on any atom is -0.293 e. The van der Waals surface area contributed by atoms with Crippen molar-refractivity contribution in [1.82, 2.24) is 4.98 Å². The molecule has 88 valence electrons. The first kappa shape index (κ1) is 11.8. The minimum absolute atomic E-state index is 0.259. The highest BCUT2D eigenvalue weighted by Gasteiger charge is 2.27. The summed E-state index contributed by atoms with van der Waals surface area (Å²) in [6.07, 6.45) is 4.53. The van der Waals surface area contributed by atoms with Gasteiger partial charge in [0, 0.05) is 5.92 Å². The average molecular weight is 237 g/mol. The summed E-state index contributed by atoms with van der Waals surface area (Å²) in [6.45, 7) is 6.20. The number of hydrogen-bond acceptors (Lipinski definition) is 3. The van der Waals surface area contributed by atoms with E-state index in [0.29, 0.717) is 5.78 Å². The number of rotatable bonds is 2. The molecule has 0 unspecified atom stereocenters. The third-order valence-electron chi connectivity index (χ3n) is 3.51. The van der Waals surface area contributed by atoms with Crippen LogP contribution in [0.1, 0.15) is 53.0 Å². The second kappa shape index (κ2) is 4.66. The summed E-state index contributed by atoms with van der Waals surface area (Å²) in [4.78, 5) is 17.6. The maximum absolute atomic E-state index is 12.3. The second-order valence-corrected chi connectivity index (χ2v) is 6.17. The smallest absolute Gasteiger partial charge is 0.177 e. The number of ketones is 1. The number of carbonyl (C=O) groups is 1. The maximum atomic E-state index is 12.3. The first-order valence-corrected chi connectivity index (χ1v) is 6.88. The van der Waals surface area contributed by atoms with Crippen LogP contribution in [-0.2, 0) is 0 Å². The lowest BCUT2D eigenvalue weighted by Gasteiger charge is -2.24. The highest BCUT2D eigenvalue weighted by atomic mass is 32.1. The zero-order valence-corrected chi connectivity index (χ0v) is 11.1. The molecule has 1 fully saturated rings. The standard InChI is InChI=1S/C13H19NOS/c1-8-4-6-11(7-5-8)12(15)13-9(2)14-10(3)16-13/h8,11H,4-7H2,1-3H3. The molecule has 0 aliphatic heterocycles. The number of Topliss-reactive ketones (excluding diaryl/α,β-unsaturated/α-hetero) is 1. The Kier molecular flexibility index (Phi) is 3.43. The SMILES string of the molecule is Cc1nc(C)c(C(=O)C2CCC(C)CC2)s1. The van der Waals surface area contributed by atoms with Crippen LogP contribution in [0.2, 0.25) is 0 Å². The lowest BCUT2D eigenvalue weighted by Crippen LogP contribution is -2.20. The fourth-order valence-corrected chi connectivity index (χ4v) is 3.41. The van der Waals surface area contributed by atoms with Crippen LogP contribution in [0.4, 0.5) is 0 Å². The Labute approximate surface area is 101 Å². The van der Waals surface area contributed by atoms with E-state index in [1.807, 2.05) is 13.8 Å². The number of aromatic nitrogens is 1. The Morgan fingerprint density at radius 2 is 1.88 bits per heavy atom. The fraction of sp³-hybridized carbons (Fsp3) is 0.692. The fourth-order valence-electron chi connectivity index (χ4n) is 2.47. The van der Waals surface area contributed by atoms with Gasteiger partial charge in [-0.25, -0.2) is 4.98 Å². The number of thiazole rings is 1. The van der Waals surface area contributed by atoms with Gasteiger partial charge in [0.1, 0.15) is 0 Å². The normalized spacial score (nSPS) is 25.7. The largest absolute Gasteiger partial charge is 0.293 e. The third kappa shape index (κ3) is 2.34. The Morgan fingerprint density at radius 3 is 2.38 bits per heavy atom. The molecule has 0 atom stereocenters. The summed E-state index contributed by atoms with van der Waals surface area (Å²) in [5.74, 6) is 1.40. The van der Waals surface area contributed by atoms with Gasteiger partial charge in [-0.15, -0.1) is 11.3 Å². The van der Waals surface area contributed by atoms with E-state index in [1.165, 1.54) is 12.8 Å². The summed E-state index contributed by atoms with van der Waals surface area (Å²) in [5.41, 5.74) is 0.922. The zero-order chi connectivity index (χ0) is 11.7. The summed E-state index contributed by atoms with van der Waals surface area (Å²) in [6, 6.07) is 0. The predicted molar refractivity (Wildman–Crippen MR) is 67.0 cm³/mol. The summed E-state index contributed by atoms with van der Waals surface area (Å²) < 4.78 is 0. The van der Waals surface area contributed by atoms with E-state index in [-0.39, 0.29) is 5.92 Å². The quantitative estimate of drug-likeness (QED) is 0.733. The van der Waals surface area contributed by atoms with Crippen LogP contribution in [0, 0.1) is 25.7 Å². The number of nitrogens with zero attached hydrogens (tertiary/aromatic N) is 1. The van der Waals surface area contributed by atoms with E-state index >= 15 is 0 Å². The molecule has 1 aliphatic carbocycles. The van der Waals surface area contributed by atoms with Crippen LogP contribution in [0.15, 0.2) is 0 Å². The van der Waals surface area contributed by atoms with Crippen LogP contribution in [0.25, 0.3) is 0 Å². The molecule has 2 nitrogen and oxygen atoms in total. The van der Waals surface area contributed by atoms with Gasteiger partial charge in [-0.2, -0.15) is 0 Å². The van der Waals surface area contributed by atoms with E-state index in [2.05, 4.69) is 11.9 Å². The van der Waals surface area contributed by atoms with Crippen molar-refractivity contribution in [2.45, 2.75) is 46.5 Å². The van der Waals surface area contributed by atoms with Crippen LogP contribution in [-0.4, -0.2) is 10.8 Å². The van der Waals surface area contributed by atoms with Crippen LogP contribution in [0.3, 0.4) is 0 Å². The zero-order valence-electron chi connectivity index (χ0n) is 10.2. The highest BCUT2D eigenvalue weighted by molar-refractivity contribution is 7.13. The molecule has 16 heavy (non-hydrogen) atoms. The molecular weight excluding hydrogens is 218 g/mol. The van der Waals surface area contributed by atoms with Crippen molar-refractivity contribution >= 4 is 17.1 Å². The first-order valence-electron chi connectivity index (χ1n) is 6.06. The van der Waals surface area contributed by atoms with Gasteiger partial charge in [-0.05, 0) is 32.6 Å². The molecule has 0 amide bonds. The van der Waals surface area contributed by atoms with Gasteiger partial charge in [-0.1, -0.05) is 19.8 Å². The molecule has 0 aromatic carbocycles. The summed E-state index contributed by atoms with van der Waals surface area (Å²) in [7, 11) is 0. The van der Waals surface area contributed by atoms with Crippen LogP contribution < -0.4 is 0 Å². The Balaban J connectivity index is 2.10. The van der Waals surface area contributed by atoms with Crippen molar-refractivity contribution in [1.29, 1.82) is 0 Å². The van der Waals surface area contributed by atoms with Crippen LogP contribution in [0.5, 0.6) is 0 Å². The Morgan fingerprint density at radius 1 is 1.25 bits per heavy atom. The predicted octanol–water partition coefficient (Wildman–Crippen LogP) is 3.77. The Bertz CT molecular complexity index is 389. The average Bonchev–Trinajstić information content (AvgIpc) is 2.58. The third-order valence-corrected chi connectivity index (χ3v) is 4.60. The van der Waals surface area contributed by atoms with Gasteiger partial charge >= 0.3 is 0 Å². The molecule has 0 bridgehead atoms. The van der Waals surface area contributed by atoms with Gasteiger partial charge < -0.3 is 0 Å². The molecule has 0 N–H and O–H groups in total. The van der Waals surface area contributed by atoms with Crippen molar-refractivity contribution in [3.05, 3.63) is 15.6 Å². The molecular formula is C13H19NOS. The molecule has 0 saturated heterocycles. The van der Waals surface area contributed by atoms with E-state index in [9.17, 15) is 4.79 Å². The molecule has 3 heteroatoms.